The molecule has 0 atom stereocenters. The van der Waals surface area contributed by atoms with Crippen molar-refractivity contribution in [2.75, 3.05) is 24.5 Å². The maximum Gasteiger partial charge on any atom is 0.242 e. The lowest BCUT2D eigenvalue weighted by Gasteiger charge is -2.29. The quantitative estimate of drug-likeness (QED) is 0.895. The largest absolute Gasteiger partial charge is 0.363 e. The molecule has 0 amide bonds. The number of hydrogen-bond acceptors (Lipinski definition) is 4. The zero-order chi connectivity index (χ0) is 14.6. The van der Waals surface area contributed by atoms with E-state index in [9.17, 15) is 13.2 Å². The summed E-state index contributed by atoms with van der Waals surface area (Å²) in [6, 6.07) is 6.86. The normalized spacial score (nSPS) is 16.4. The van der Waals surface area contributed by atoms with Crippen molar-refractivity contribution < 1.29 is 13.2 Å². The number of nitrogens with zero attached hydrogens (tertiary/aromatic N) is 1. The van der Waals surface area contributed by atoms with Crippen LogP contribution in [0.1, 0.15) is 26.2 Å². The van der Waals surface area contributed by atoms with Gasteiger partial charge in [0.2, 0.25) is 10.0 Å². The lowest BCUT2D eigenvalue weighted by Crippen LogP contribution is -2.37. The number of para-hydroxylation sites is 1. The molecule has 1 heterocycles. The molecule has 1 aliphatic heterocycles. The van der Waals surface area contributed by atoms with Crippen LogP contribution in [0.25, 0.3) is 0 Å². The van der Waals surface area contributed by atoms with Crippen molar-refractivity contribution in [2.24, 2.45) is 0 Å². The highest BCUT2D eigenvalue weighted by atomic mass is 32.2. The molecule has 1 aliphatic rings. The van der Waals surface area contributed by atoms with Crippen molar-refractivity contribution in [1.82, 2.24) is 4.72 Å². The van der Waals surface area contributed by atoms with Crippen LogP contribution in [-0.2, 0) is 14.8 Å². The molecule has 0 aromatic heterocycles. The van der Waals surface area contributed by atoms with Gasteiger partial charge in [0.1, 0.15) is 4.90 Å². The summed E-state index contributed by atoms with van der Waals surface area (Å²) in [5.74, 6) is 0.157. The van der Waals surface area contributed by atoms with E-state index in [2.05, 4.69) is 4.72 Å². The molecule has 5 nitrogen and oxygen atoms in total. The summed E-state index contributed by atoms with van der Waals surface area (Å²) in [4.78, 5) is 13.7. The number of anilines is 1. The summed E-state index contributed by atoms with van der Waals surface area (Å²) in [6.45, 7) is 3.33. The first kappa shape index (κ1) is 15.0. The fraction of sp³-hybridized carbons (Fsp3) is 0.500. The number of hydrogen-bond donors (Lipinski definition) is 1. The van der Waals surface area contributed by atoms with E-state index in [4.69, 9.17) is 0 Å². The molecular weight excluding hydrogens is 276 g/mol. The first-order valence-electron chi connectivity index (χ1n) is 6.90. The van der Waals surface area contributed by atoms with Gasteiger partial charge in [-0.2, -0.15) is 0 Å². The van der Waals surface area contributed by atoms with Crippen molar-refractivity contribution in [3.63, 3.8) is 0 Å². The smallest absolute Gasteiger partial charge is 0.242 e. The summed E-state index contributed by atoms with van der Waals surface area (Å²) in [5.41, 5.74) is 0.615. The van der Waals surface area contributed by atoms with Crippen LogP contribution < -0.4 is 9.62 Å². The van der Waals surface area contributed by atoms with Crippen molar-refractivity contribution in [3.05, 3.63) is 24.3 Å². The lowest BCUT2D eigenvalue weighted by atomic mass is 10.1. The van der Waals surface area contributed by atoms with E-state index in [1.807, 2.05) is 11.8 Å². The average molecular weight is 296 g/mol. The number of sulfonamides is 1. The molecule has 0 unspecified atom stereocenters. The minimum Gasteiger partial charge on any atom is -0.363 e. The summed E-state index contributed by atoms with van der Waals surface area (Å²) < 4.78 is 27.2. The molecule has 110 valence electrons. The highest BCUT2D eigenvalue weighted by molar-refractivity contribution is 7.89. The Morgan fingerprint density at radius 1 is 1.30 bits per heavy atom. The number of carbonyl (C=O) groups excluding carboxylic acids is 1. The van der Waals surface area contributed by atoms with E-state index in [-0.39, 0.29) is 10.7 Å². The predicted molar refractivity (Wildman–Crippen MR) is 78.4 cm³/mol. The van der Waals surface area contributed by atoms with Crippen LogP contribution in [0.5, 0.6) is 0 Å². The Bertz CT molecular complexity index is 584. The Morgan fingerprint density at radius 3 is 2.75 bits per heavy atom. The maximum absolute atomic E-state index is 12.3. The van der Waals surface area contributed by atoms with Gasteiger partial charge < -0.3 is 4.90 Å². The van der Waals surface area contributed by atoms with Crippen molar-refractivity contribution in [2.45, 2.75) is 31.1 Å². The second-order valence-corrected chi connectivity index (χ2v) is 6.66. The van der Waals surface area contributed by atoms with Crippen LogP contribution in [0.15, 0.2) is 29.2 Å². The van der Waals surface area contributed by atoms with E-state index >= 15 is 0 Å². The minimum absolute atomic E-state index is 0.157. The van der Waals surface area contributed by atoms with Crippen LogP contribution in [0.3, 0.4) is 0 Å². The van der Waals surface area contributed by atoms with Gasteiger partial charge in [-0.05, 0) is 25.0 Å². The maximum atomic E-state index is 12.3. The Balaban J connectivity index is 2.33. The summed E-state index contributed by atoms with van der Waals surface area (Å²) in [7, 11) is -3.52. The number of Topliss-reactive ketones (excluding diaryl/α,β-unsaturated/α-hetero) is 1. The molecule has 0 saturated carbocycles. The molecule has 1 aromatic carbocycles. The van der Waals surface area contributed by atoms with E-state index in [0.29, 0.717) is 31.7 Å². The van der Waals surface area contributed by atoms with Crippen molar-refractivity contribution in [1.29, 1.82) is 0 Å². The molecule has 2 rings (SSSR count). The van der Waals surface area contributed by atoms with E-state index in [1.54, 1.807) is 24.3 Å². The third-order valence-electron chi connectivity index (χ3n) is 3.29. The van der Waals surface area contributed by atoms with E-state index < -0.39 is 10.0 Å². The monoisotopic (exact) mass is 296 g/mol. The Morgan fingerprint density at radius 2 is 2.05 bits per heavy atom. The second-order valence-electron chi connectivity index (χ2n) is 4.93. The van der Waals surface area contributed by atoms with Crippen molar-refractivity contribution in [3.8, 4) is 0 Å². The van der Waals surface area contributed by atoms with Gasteiger partial charge in [0, 0.05) is 19.5 Å². The Kier molecular flexibility index (Phi) is 4.77. The fourth-order valence-electron chi connectivity index (χ4n) is 2.30. The van der Waals surface area contributed by atoms with Gasteiger partial charge >= 0.3 is 0 Å². The third-order valence-corrected chi connectivity index (χ3v) is 4.80. The topological polar surface area (TPSA) is 66.5 Å². The molecule has 6 heteroatoms. The molecule has 0 aliphatic carbocycles. The zero-order valence-corrected chi connectivity index (χ0v) is 12.4. The molecule has 1 saturated heterocycles. The number of carbonyl (C=O) groups is 1. The Labute approximate surface area is 120 Å². The number of rotatable bonds is 5. The van der Waals surface area contributed by atoms with Gasteiger partial charge in [-0.15, -0.1) is 0 Å². The first-order chi connectivity index (χ1) is 9.54. The molecule has 0 bridgehead atoms. The Hall–Kier alpha value is -1.40. The van der Waals surface area contributed by atoms with Gasteiger partial charge in [-0.1, -0.05) is 19.1 Å². The van der Waals surface area contributed by atoms with Crippen molar-refractivity contribution >= 4 is 21.5 Å². The van der Waals surface area contributed by atoms with Gasteiger partial charge in [0.25, 0.3) is 0 Å². The van der Waals surface area contributed by atoms with Crippen LogP contribution in [0, 0.1) is 0 Å². The van der Waals surface area contributed by atoms with Gasteiger partial charge in [-0.3, -0.25) is 4.79 Å². The lowest BCUT2D eigenvalue weighted by molar-refractivity contribution is -0.118. The highest BCUT2D eigenvalue weighted by Gasteiger charge is 2.24. The van der Waals surface area contributed by atoms with Gasteiger partial charge in [0.15, 0.2) is 5.78 Å². The number of nitrogens with one attached hydrogen (secondary N) is 1. The summed E-state index contributed by atoms with van der Waals surface area (Å²) in [6.07, 6.45) is 2.10. The number of piperidine rings is 1. The minimum atomic E-state index is -3.52. The summed E-state index contributed by atoms with van der Waals surface area (Å²) in [5, 5.41) is 0. The van der Waals surface area contributed by atoms with Gasteiger partial charge in [0.05, 0.1) is 12.2 Å². The molecule has 0 spiro atoms. The average Bonchev–Trinajstić information content (AvgIpc) is 2.45. The SMILES string of the molecule is CCCNS(=O)(=O)c1ccccc1N1CCCC(=O)C1. The standard InChI is InChI=1S/C14H20N2O3S/c1-2-9-15-20(18,19)14-8-4-3-7-13(14)16-10-5-6-12(17)11-16/h3-4,7-8,15H,2,5-6,9-11H2,1H3. The highest BCUT2D eigenvalue weighted by Crippen LogP contribution is 2.26. The first-order valence-corrected chi connectivity index (χ1v) is 8.38. The van der Waals surface area contributed by atoms with Crippen LogP contribution in [0.2, 0.25) is 0 Å². The predicted octanol–water partition coefficient (Wildman–Crippen LogP) is 1.54. The molecule has 1 fully saturated rings. The zero-order valence-electron chi connectivity index (χ0n) is 11.6. The molecular formula is C14H20N2O3S. The molecule has 1 aromatic rings. The van der Waals surface area contributed by atoms with Crippen LogP contribution in [0.4, 0.5) is 5.69 Å². The molecule has 1 N–H and O–H groups in total. The van der Waals surface area contributed by atoms with Gasteiger partial charge in [-0.25, -0.2) is 13.1 Å². The van der Waals surface area contributed by atoms with E-state index in [0.717, 1.165) is 12.8 Å². The second kappa shape index (κ2) is 6.37. The van der Waals surface area contributed by atoms with Crippen LogP contribution >= 0.6 is 0 Å². The summed E-state index contributed by atoms with van der Waals surface area (Å²) >= 11 is 0. The number of benzene rings is 1. The number of ketones is 1. The molecule has 0 radical (unpaired) electrons. The third kappa shape index (κ3) is 3.37. The fourth-order valence-corrected chi connectivity index (χ4v) is 3.66. The van der Waals surface area contributed by atoms with Crippen LogP contribution in [-0.4, -0.2) is 33.8 Å². The molecule has 20 heavy (non-hydrogen) atoms. The van der Waals surface area contributed by atoms with E-state index in [1.165, 1.54) is 0 Å².